The van der Waals surface area contributed by atoms with Gasteiger partial charge in [-0.25, -0.2) is 4.98 Å². The third-order valence-corrected chi connectivity index (χ3v) is 6.35. The van der Waals surface area contributed by atoms with Crippen molar-refractivity contribution in [2.24, 2.45) is 0 Å². The Morgan fingerprint density at radius 1 is 1.07 bits per heavy atom. The van der Waals surface area contributed by atoms with Crippen molar-refractivity contribution in [2.75, 3.05) is 7.05 Å². The van der Waals surface area contributed by atoms with Crippen molar-refractivity contribution >= 4 is 38.9 Å². The van der Waals surface area contributed by atoms with Gasteiger partial charge in [-0.3, -0.25) is 9.55 Å². The molecule has 27 heavy (non-hydrogen) atoms. The minimum atomic E-state index is -0.00766. The number of nitrogens with one attached hydrogen (secondary N) is 1. The van der Waals surface area contributed by atoms with E-state index >= 15 is 0 Å². The van der Waals surface area contributed by atoms with E-state index in [0.29, 0.717) is 0 Å². The Bertz CT molecular complexity index is 1080. The summed E-state index contributed by atoms with van der Waals surface area (Å²) in [6.07, 6.45) is 3.89. The monoisotopic (exact) mass is 391 g/mol. The summed E-state index contributed by atoms with van der Waals surface area (Å²) in [6.45, 7) is 0. The van der Waals surface area contributed by atoms with Crippen molar-refractivity contribution < 1.29 is 0 Å². The van der Waals surface area contributed by atoms with Gasteiger partial charge >= 0.3 is 0 Å². The standard InChI is InChI=1S/C20H17N5S2/c1-24-18(17(23-19(24)26)14-8-4-5-11-21-14)15-9-6-12-25(15)20-22-13-7-2-3-10-16(13)27-20/h2-12,17-18H,1H3,(H,23,26)/t17-,18-/m1/s1. The summed E-state index contributed by atoms with van der Waals surface area (Å²) in [5.41, 5.74) is 3.14. The lowest BCUT2D eigenvalue weighted by Crippen LogP contribution is -2.25. The number of pyridine rings is 1. The average Bonchev–Trinajstić information content (AvgIpc) is 3.40. The van der Waals surface area contributed by atoms with Gasteiger partial charge in [-0.15, -0.1) is 0 Å². The number of aromatic nitrogens is 3. The zero-order chi connectivity index (χ0) is 18.4. The lowest BCUT2D eigenvalue weighted by molar-refractivity contribution is 0.357. The highest BCUT2D eigenvalue weighted by molar-refractivity contribution is 7.80. The number of nitrogens with zero attached hydrogens (tertiary/aromatic N) is 4. The normalized spacial score (nSPS) is 19.6. The summed E-state index contributed by atoms with van der Waals surface area (Å²) in [7, 11) is 2.03. The summed E-state index contributed by atoms with van der Waals surface area (Å²) in [5, 5.41) is 5.12. The number of fused-ring (bicyclic) bond motifs is 1. The van der Waals surface area contributed by atoms with Crippen LogP contribution in [-0.4, -0.2) is 31.6 Å². The first-order valence-electron chi connectivity index (χ1n) is 8.70. The third-order valence-electron chi connectivity index (χ3n) is 4.91. The molecule has 1 N–H and O–H groups in total. The SMILES string of the molecule is CN1C(=S)N[C@H](c2ccccn2)[C@H]1c1cccn1-c1nc2ccccc2s1. The molecule has 0 spiro atoms. The highest BCUT2D eigenvalue weighted by Gasteiger charge is 2.39. The predicted octanol–water partition coefficient (Wildman–Crippen LogP) is 4.08. The maximum Gasteiger partial charge on any atom is 0.194 e. The molecular weight excluding hydrogens is 374 g/mol. The van der Waals surface area contributed by atoms with Crippen LogP contribution in [0.25, 0.3) is 15.3 Å². The van der Waals surface area contributed by atoms with E-state index in [9.17, 15) is 0 Å². The van der Waals surface area contributed by atoms with Crippen LogP contribution in [-0.2, 0) is 0 Å². The molecule has 134 valence electrons. The van der Waals surface area contributed by atoms with Gasteiger partial charge in [0.15, 0.2) is 10.2 Å². The molecule has 7 heteroatoms. The van der Waals surface area contributed by atoms with Gasteiger partial charge in [-0.05, 0) is 48.6 Å². The number of benzene rings is 1. The average molecular weight is 392 g/mol. The minimum Gasteiger partial charge on any atom is -0.352 e. The highest BCUT2D eigenvalue weighted by Crippen LogP contribution is 2.39. The van der Waals surface area contributed by atoms with Crippen molar-refractivity contribution in [3.63, 3.8) is 0 Å². The van der Waals surface area contributed by atoms with E-state index in [1.54, 1.807) is 11.3 Å². The second-order valence-electron chi connectivity index (χ2n) is 6.50. The predicted molar refractivity (Wildman–Crippen MR) is 112 cm³/mol. The number of thiocarbonyl (C=S) groups is 1. The Hall–Kier alpha value is -2.77. The maximum atomic E-state index is 5.55. The largest absolute Gasteiger partial charge is 0.352 e. The molecule has 5 nitrogen and oxygen atoms in total. The van der Waals surface area contributed by atoms with Crippen LogP contribution in [0.3, 0.4) is 0 Å². The molecular formula is C20H17N5S2. The van der Waals surface area contributed by atoms with Crippen molar-refractivity contribution in [1.29, 1.82) is 0 Å². The number of hydrogen-bond donors (Lipinski definition) is 1. The molecule has 0 radical (unpaired) electrons. The minimum absolute atomic E-state index is 0.00766. The zero-order valence-corrected chi connectivity index (χ0v) is 16.2. The molecule has 0 amide bonds. The highest BCUT2D eigenvalue weighted by atomic mass is 32.1. The van der Waals surface area contributed by atoms with E-state index in [4.69, 9.17) is 17.2 Å². The first-order chi connectivity index (χ1) is 13.2. The van der Waals surface area contributed by atoms with Crippen molar-refractivity contribution in [2.45, 2.75) is 12.1 Å². The maximum absolute atomic E-state index is 5.55. The molecule has 0 aliphatic carbocycles. The molecule has 3 aromatic heterocycles. The van der Waals surface area contributed by atoms with Crippen LogP contribution < -0.4 is 5.32 Å². The van der Waals surface area contributed by atoms with E-state index in [-0.39, 0.29) is 12.1 Å². The summed E-state index contributed by atoms with van der Waals surface area (Å²) in [6, 6.07) is 18.4. The Morgan fingerprint density at radius 3 is 2.74 bits per heavy atom. The lowest BCUT2D eigenvalue weighted by atomic mass is 10.0. The van der Waals surface area contributed by atoms with E-state index in [2.05, 4.69) is 44.2 Å². The number of para-hydroxylation sites is 1. The molecule has 1 saturated heterocycles. The van der Waals surface area contributed by atoms with Crippen LogP contribution >= 0.6 is 23.6 Å². The fraction of sp³-hybridized carbons (Fsp3) is 0.150. The molecule has 4 heterocycles. The van der Waals surface area contributed by atoms with E-state index in [0.717, 1.165) is 27.1 Å². The molecule has 4 aromatic rings. The van der Waals surface area contributed by atoms with Crippen molar-refractivity contribution in [3.05, 3.63) is 78.4 Å². The molecule has 1 aromatic carbocycles. The Kier molecular flexibility index (Phi) is 3.91. The Morgan fingerprint density at radius 2 is 1.93 bits per heavy atom. The number of likely N-dealkylation sites (N-methyl/N-ethyl adjacent to an activating group) is 1. The van der Waals surface area contributed by atoms with Gasteiger partial charge in [0.2, 0.25) is 0 Å². The lowest BCUT2D eigenvalue weighted by Gasteiger charge is -2.25. The van der Waals surface area contributed by atoms with E-state index in [1.165, 1.54) is 4.70 Å². The first-order valence-corrected chi connectivity index (χ1v) is 9.92. The summed E-state index contributed by atoms with van der Waals surface area (Å²) in [4.78, 5) is 11.5. The van der Waals surface area contributed by atoms with Gasteiger partial charge in [0.25, 0.3) is 0 Å². The number of thiazole rings is 1. The van der Waals surface area contributed by atoms with Crippen molar-refractivity contribution in [1.82, 2.24) is 24.8 Å². The molecule has 5 rings (SSSR count). The Labute approximate surface area is 166 Å². The Balaban J connectivity index is 1.61. The van der Waals surface area contributed by atoms with Crippen LogP contribution in [0.1, 0.15) is 23.5 Å². The summed E-state index contributed by atoms with van der Waals surface area (Å²) >= 11 is 7.24. The van der Waals surface area contributed by atoms with Gasteiger partial charge in [0.05, 0.1) is 33.7 Å². The molecule has 2 atom stereocenters. The van der Waals surface area contributed by atoms with Crippen LogP contribution in [0.2, 0.25) is 0 Å². The zero-order valence-electron chi connectivity index (χ0n) is 14.6. The first kappa shape index (κ1) is 16.4. The van der Waals surface area contributed by atoms with Crippen LogP contribution in [0.5, 0.6) is 0 Å². The molecule has 0 saturated carbocycles. The van der Waals surface area contributed by atoms with Crippen LogP contribution in [0, 0.1) is 0 Å². The van der Waals surface area contributed by atoms with Crippen LogP contribution in [0.4, 0.5) is 0 Å². The topological polar surface area (TPSA) is 46.0 Å². The van der Waals surface area contributed by atoms with Gasteiger partial charge in [0, 0.05) is 19.4 Å². The second-order valence-corrected chi connectivity index (χ2v) is 7.90. The van der Waals surface area contributed by atoms with Gasteiger partial charge < -0.3 is 10.2 Å². The van der Waals surface area contributed by atoms with Gasteiger partial charge in [0.1, 0.15) is 0 Å². The molecule has 0 bridgehead atoms. The van der Waals surface area contributed by atoms with E-state index < -0.39 is 0 Å². The van der Waals surface area contributed by atoms with Gasteiger partial charge in [-0.2, -0.15) is 0 Å². The van der Waals surface area contributed by atoms with Crippen LogP contribution in [0.15, 0.2) is 67.0 Å². The smallest absolute Gasteiger partial charge is 0.194 e. The summed E-state index contributed by atoms with van der Waals surface area (Å²) < 4.78 is 3.35. The summed E-state index contributed by atoms with van der Waals surface area (Å²) in [5.74, 6) is 0. The van der Waals surface area contributed by atoms with E-state index in [1.807, 2.05) is 49.6 Å². The molecule has 0 unspecified atom stereocenters. The molecule has 1 aliphatic rings. The molecule has 1 fully saturated rings. The third kappa shape index (κ3) is 2.70. The van der Waals surface area contributed by atoms with Gasteiger partial charge in [-0.1, -0.05) is 29.5 Å². The second kappa shape index (κ2) is 6.44. The molecule has 1 aliphatic heterocycles. The number of rotatable bonds is 3. The quantitative estimate of drug-likeness (QED) is 0.533. The fourth-order valence-electron chi connectivity index (χ4n) is 3.60. The number of hydrogen-bond acceptors (Lipinski definition) is 4. The fourth-order valence-corrected chi connectivity index (χ4v) is 4.81. The van der Waals surface area contributed by atoms with Crippen molar-refractivity contribution in [3.8, 4) is 5.13 Å².